The molecule has 0 spiro atoms. The van der Waals surface area contributed by atoms with E-state index in [0.717, 1.165) is 0 Å². The third kappa shape index (κ3) is 2.98. The molecule has 8 nitrogen and oxygen atoms in total. The van der Waals surface area contributed by atoms with Crippen LogP contribution in [0.1, 0.15) is 31.7 Å². The molecule has 0 aliphatic carbocycles. The van der Waals surface area contributed by atoms with E-state index in [4.69, 9.17) is 5.73 Å². The van der Waals surface area contributed by atoms with Crippen LogP contribution in [0, 0.1) is 10.1 Å². The number of rotatable bonds is 5. The lowest BCUT2D eigenvalue weighted by atomic mass is 9.79. The summed E-state index contributed by atoms with van der Waals surface area (Å²) in [5.41, 5.74) is 6.91. The zero-order valence-corrected chi connectivity index (χ0v) is 13.2. The van der Waals surface area contributed by atoms with Gasteiger partial charge in [0.25, 0.3) is 5.69 Å². The summed E-state index contributed by atoms with van der Waals surface area (Å²) in [5, 5.41) is 23.3. The monoisotopic (exact) mass is 331 g/mol. The minimum absolute atomic E-state index is 0.0192. The van der Waals surface area contributed by atoms with Crippen LogP contribution >= 0.6 is 0 Å². The highest BCUT2D eigenvalue weighted by molar-refractivity contribution is 6.00. The number of non-ortho nitro benzene ring substituents is 1. The molecule has 1 aliphatic rings. The number of benzene rings is 1. The number of allylic oxidation sites excluding steroid dienone is 2. The van der Waals surface area contributed by atoms with Gasteiger partial charge in [0.2, 0.25) is 5.91 Å². The number of dihydropyridines is 1. The number of nitrogens with two attached hydrogens (primary N) is 1. The Labute approximate surface area is 137 Å². The molecule has 1 aromatic carbocycles. The summed E-state index contributed by atoms with van der Waals surface area (Å²) in [5.74, 6) is -2.79. The van der Waals surface area contributed by atoms with Crippen molar-refractivity contribution in [2.75, 3.05) is 0 Å². The molecule has 2 rings (SSSR count). The standard InChI is InChI=1S/C16H17N3O5/c1-3-11-14(16(21)22)13(12(15(17)20)8(2)18-11)9-4-6-10(7-5-9)19(23)24/h4-7,13,18H,3H2,1-2H3,(H2,17,20)(H,21,22). The third-order valence-corrected chi connectivity index (χ3v) is 3.93. The van der Waals surface area contributed by atoms with E-state index in [-0.39, 0.29) is 16.8 Å². The number of carbonyl (C=O) groups is 2. The second-order valence-corrected chi connectivity index (χ2v) is 5.36. The fraction of sp³-hybridized carbons (Fsp3) is 0.250. The van der Waals surface area contributed by atoms with Crippen LogP contribution in [0.2, 0.25) is 0 Å². The molecule has 1 aromatic rings. The highest BCUT2D eigenvalue weighted by atomic mass is 16.6. The second kappa shape index (κ2) is 6.53. The van der Waals surface area contributed by atoms with Gasteiger partial charge in [0, 0.05) is 29.1 Å². The summed E-state index contributed by atoms with van der Waals surface area (Å²) in [7, 11) is 0. The minimum atomic E-state index is -1.17. The Morgan fingerprint density at radius 2 is 1.88 bits per heavy atom. The number of aliphatic carboxylic acids is 1. The van der Waals surface area contributed by atoms with Crippen molar-refractivity contribution in [3.05, 3.63) is 62.5 Å². The molecular weight excluding hydrogens is 314 g/mol. The quantitative estimate of drug-likeness (QED) is 0.556. The first-order valence-corrected chi connectivity index (χ1v) is 7.26. The van der Waals surface area contributed by atoms with Crippen LogP contribution in [0.15, 0.2) is 46.8 Å². The Bertz CT molecular complexity index is 777. The van der Waals surface area contributed by atoms with Crippen molar-refractivity contribution in [3.63, 3.8) is 0 Å². The lowest BCUT2D eigenvalue weighted by Gasteiger charge is -2.30. The first-order chi connectivity index (χ1) is 11.3. The van der Waals surface area contributed by atoms with E-state index in [1.54, 1.807) is 13.8 Å². The van der Waals surface area contributed by atoms with Gasteiger partial charge in [0.05, 0.1) is 16.4 Å². The smallest absolute Gasteiger partial charge is 0.334 e. The van der Waals surface area contributed by atoms with Gasteiger partial charge < -0.3 is 16.2 Å². The predicted octanol–water partition coefficient (Wildman–Crippen LogP) is 1.79. The number of nitrogens with zero attached hydrogens (tertiary/aromatic N) is 1. The molecule has 0 radical (unpaired) electrons. The Morgan fingerprint density at radius 3 is 2.29 bits per heavy atom. The molecular formula is C16H17N3O5. The molecule has 4 N–H and O–H groups in total. The van der Waals surface area contributed by atoms with Crippen molar-refractivity contribution in [2.45, 2.75) is 26.2 Å². The van der Waals surface area contributed by atoms with Crippen molar-refractivity contribution < 1.29 is 19.6 Å². The maximum absolute atomic E-state index is 11.9. The normalized spacial score (nSPS) is 17.5. The molecule has 1 unspecified atom stereocenters. The maximum Gasteiger partial charge on any atom is 0.334 e. The highest BCUT2D eigenvalue weighted by Gasteiger charge is 2.36. The van der Waals surface area contributed by atoms with Gasteiger partial charge in [-0.3, -0.25) is 14.9 Å². The lowest BCUT2D eigenvalue weighted by molar-refractivity contribution is -0.384. The Balaban J connectivity index is 2.67. The van der Waals surface area contributed by atoms with E-state index < -0.39 is 22.7 Å². The molecule has 0 saturated heterocycles. The van der Waals surface area contributed by atoms with Gasteiger partial charge in [-0.1, -0.05) is 19.1 Å². The largest absolute Gasteiger partial charge is 0.478 e. The second-order valence-electron chi connectivity index (χ2n) is 5.36. The number of carbonyl (C=O) groups excluding carboxylic acids is 1. The van der Waals surface area contributed by atoms with E-state index in [2.05, 4.69) is 5.32 Å². The van der Waals surface area contributed by atoms with Crippen LogP contribution in [-0.2, 0) is 9.59 Å². The number of hydrogen-bond acceptors (Lipinski definition) is 5. The average Bonchev–Trinajstić information content (AvgIpc) is 2.52. The number of amides is 1. The zero-order chi connectivity index (χ0) is 18.0. The molecule has 1 amide bonds. The van der Waals surface area contributed by atoms with Crippen LogP contribution in [0.4, 0.5) is 5.69 Å². The van der Waals surface area contributed by atoms with Gasteiger partial charge in [-0.2, -0.15) is 0 Å². The first kappa shape index (κ1) is 17.2. The predicted molar refractivity (Wildman–Crippen MR) is 85.8 cm³/mol. The molecule has 24 heavy (non-hydrogen) atoms. The third-order valence-electron chi connectivity index (χ3n) is 3.93. The molecule has 0 aromatic heterocycles. The van der Waals surface area contributed by atoms with E-state index >= 15 is 0 Å². The number of nitrogens with one attached hydrogen (secondary N) is 1. The summed E-state index contributed by atoms with van der Waals surface area (Å²) >= 11 is 0. The van der Waals surface area contributed by atoms with Crippen molar-refractivity contribution >= 4 is 17.6 Å². The van der Waals surface area contributed by atoms with Crippen molar-refractivity contribution in [1.29, 1.82) is 0 Å². The zero-order valence-electron chi connectivity index (χ0n) is 13.2. The van der Waals surface area contributed by atoms with E-state index in [1.807, 2.05) is 0 Å². The van der Waals surface area contributed by atoms with Crippen molar-refractivity contribution in [3.8, 4) is 0 Å². The molecule has 0 saturated carbocycles. The molecule has 1 aliphatic heterocycles. The Kier molecular flexibility index (Phi) is 4.68. The number of hydrogen-bond donors (Lipinski definition) is 3. The lowest BCUT2D eigenvalue weighted by Crippen LogP contribution is -2.34. The summed E-state index contributed by atoms with van der Waals surface area (Å²) in [4.78, 5) is 33.9. The van der Waals surface area contributed by atoms with Crippen molar-refractivity contribution in [2.24, 2.45) is 5.73 Å². The van der Waals surface area contributed by atoms with E-state index in [0.29, 0.717) is 23.4 Å². The fourth-order valence-corrected chi connectivity index (χ4v) is 2.88. The van der Waals surface area contributed by atoms with Crippen LogP contribution in [-0.4, -0.2) is 21.9 Å². The fourth-order valence-electron chi connectivity index (χ4n) is 2.88. The summed E-state index contributed by atoms with van der Waals surface area (Å²) < 4.78 is 0. The van der Waals surface area contributed by atoms with Crippen LogP contribution in [0.5, 0.6) is 0 Å². The minimum Gasteiger partial charge on any atom is -0.478 e. The Hall–Kier alpha value is -3.16. The topological polar surface area (TPSA) is 136 Å². The summed E-state index contributed by atoms with van der Waals surface area (Å²) in [6, 6.07) is 5.44. The number of carboxylic acid groups (broad SMARTS) is 1. The first-order valence-electron chi connectivity index (χ1n) is 7.26. The number of carboxylic acids is 1. The SMILES string of the molecule is CCC1=C(C(=O)O)C(c2ccc([N+](=O)[O-])cc2)C(C(N)=O)=C(C)N1. The molecule has 1 atom stereocenters. The van der Waals surface area contributed by atoms with Gasteiger partial charge in [-0.25, -0.2) is 4.79 Å². The van der Waals surface area contributed by atoms with Gasteiger partial charge in [-0.05, 0) is 18.9 Å². The number of nitro benzene ring substituents is 1. The van der Waals surface area contributed by atoms with Gasteiger partial charge in [0.15, 0.2) is 0 Å². The number of nitro groups is 1. The van der Waals surface area contributed by atoms with Crippen molar-refractivity contribution in [1.82, 2.24) is 5.32 Å². The summed E-state index contributed by atoms with van der Waals surface area (Å²) in [6.07, 6.45) is 0.425. The van der Waals surface area contributed by atoms with Crippen LogP contribution in [0.25, 0.3) is 0 Å². The Morgan fingerprint density at radius 1 is 1.29 bits per heavy atom. The molecule has 1 heterocycles. The summed E-state index contributed by atoms with van der Waals surface area (Å²) in [6.45, 7) is 3.44. The molecule has 0 fully saturated rings. The van der Waals surface area contributed by atoms with Crippen LogP contribution in [0.3, 0.4) is 0 Å². The van der Waals surface area contributed by atoms with Gasteiger partial charge in [0.1, 0.15) is 0 Å². The molecule has 126 valence electrons. The number of primary amides is 1. The molecule has 0 bridgehead atoms. The van der Waals surface area contributed by atoms with E-state index in [1.165, 1.54) is 24.3 Å². The molecule has 8 heteroatoms. The average molecular weight is 331 g/mol. The van der Waals surface area contributed by atoms with Gasteiger partial charge in [-0.15, -0.1) is 0 Å². The van der Waals surface area contributed by atoms with Gasteiger partial charge >= 0.3 is 5.97 Å². The maximum atomic E-state index is 11.9. The van der Waals surface area contributed by atoms with Crippen LogP contribution < -0.4 is 11.1 Å². The highest BCUT2D eigenvalue weighted by Crippen LogP contribution is 2.39. The van der Waals surface area contributed by atoms with E-state index in [9.17, 15) is 24.8 Å².